The number of hydrogen-bond donors (Lipinski definition) is 2. The molecule has 0 saturated carbocycles. The number of aromatic nitrogens is 1. The van der Waals surface area contributed by atoms with Crippen molar-refractivity contribution in [2.45, 2.75) is 12.8 Å². The van der Waals surface area contributed by atoms with Crippen LogP contribution in [0.15, 0.2) is 35.8 Å². The molecule has 1 amide bonds. The van der Waals surface area contributed by atoms with Crippen molar-refractivity contribution in [3.8, 4) is 11.8 Å². The molecular weight excluding hydrogens is 272 g/mol. The van der Waals surface area contributed by atoms with Crippen LogP contribution in [0.5, 0.6) is 0 Å². The van der Waals surface area contributed by atoms with E-state index < -0.39 is 0 Å². The van der Waals surface area contributed by atoms with Crippen LogP contribution < -0.4 is 5.32 Å². The molecule has 0 aliphatic rings. The lowest BCUT2D eigenvalue weighted by molar-refractivity contribution is -0.115. The number of rotatable bonds is 4. The number of aliphatic hydroxyl groups is 1. The Labute approximate surface area is 121 Å². The molecule has 0 aromatic carbocycles. The Kier molecular flexibility index (Phi) is 5.30. The Morgan fingerprint density at radius 2 is 2.35 bits per heavy atom. The summed E-state index contributed by atoms with van der Waals surface area (Å²) in [7, 11) is 0. The highest BCUT2D eigenvalue weighted by molar-refractivity contribution is 7.10. The zero-order valence-corrected chi connectivity index (χ0v) is 11.6. The molecule has 2 aromatic rings. The van der Waals surface area contributed by atoms with Crippen molar-refractivity contribution in [3.63, 3.8) is 0 Å². The molecule has 20 heavy (non-hydrogen) atoms. The SMILES string of the molecule is O=C(Cc1cccs1)Nc1cc(C#CCCO)ccn1. The zero-order chi connectivity index (χ0) is 14.2. The number of nitrogens with one attached hydrogen (secondary N) is 1. The first-order valence-corrected chi connectivity index (χ1v) is 7.04. The molecule has 2 rings (SSSR count). The van der Waals surface area contributed by atoms with Gasteiger partial charge in [0.1, 0.15) is 5.82 Å². The number of aliphatic hydroxyl groups excluding tert-OH is 1. The maximum absolute atomic E-state index is 11.8. The number of pyridine rings is 1. The van der Waals surface area contributed by atoms with E-state index in [1.807, 2.05) is 17.5 Å². The topological polar surface area (TPSA) is 62.2 Å². The zero-order valence-electron chi connectivity index (χ0n) is 10.8. The lowest BCUT2D eigenvalue weighted by Crippen LogP contribution is -2.14. The monoisotopic (exact) mass is 286 g/mol. The second-order valence-corrected chi connectivity index (χ2v) is 5.04. The number of carbonyl (C=O) groups excluding carboxylic acids is 1. The first kappa shape index (κ1) is 14.3. The highest BCUT2D eigenvalue weighted by atomic mass is 32.1. The van der Waals surface area contributed by atoms with E-state index in [2.05, 4.69) is 22.1 Å². The lowest BCUT2D eigenvalue weighted by Gasteiger charge is -2.03. The van der Waals surface area contributed by atoms with Gasteiger partial charge in [-0.2, -0.15) is 0 Å². The van der Waals surface area contributed by atoms with Crippen molar-refractivity contribution in [1.29, 1.82) is 0 Å². The normalized spacial score (nSPS) is 9.65. The predicted octanol–water partition coefficient (Wildman–Crippen LogP) is 2.06. The number of nitrogens with zero attached hydrogens (tertiary/aromatic N) is 1. The average Bonchev–Trinajstić information content (AvgIpc) is 2.92. The standard InChI is InChI=1S/C15H14N2O2S/c18-8-2-1-4-12-6-7-16-14(10-12)17-15(19)11-13-5-3-9-20-13/h3,5-7,9-10,18H,2,8,11H2,(H,16,17,19). The van der Waals surface area contributed by atoms with E-state index in [-0.39, 0.29) is 12.5 Å². The summed E-state index contributed by atoms with van der Waals surface area (Å²) in [4.78, 5) is 16.9. The molecule has 0 unspecified atom stereocenters. The summed E-state index contributed by atoms with van der Waals surface area (Å²) >= 11 is 1.55. The van der Waals surface area contributed by atoms with Gasteiger partial charge in [0.2, 0.25) is 5.91 Å². The van der Waals surface area contributed by atoms with Crippen LogP contribution in [0.4, 0.5) is 5.82 Å². The average molecular weight is 286 g/mol. The highest BCUT2D eigenvalue weighted by Gasteiger charge is 2.05. The molecule has 4 nitrogen and oxygen atoms in total. The molecule has 5 heteroatoms. The Morgan fingerprint density at radius 1 is 1.45 bits per heavy atom. The van der Waals surface area contributed by atoms with Gasteiger partial charge in [0.05, 0.1) is 13.0 Å². The van der Waals surface area contributed by atoms with Gasteiger partial charge in [0.25, 0.3) is 0 Å². The number of anilines is 1. The Morgan fingerprint density at radius 3 is 3.10 bits per heavy atom. The number of carbonyl (C=O) groups is 1. The number of amides is 1. The van der Waals surface area contributed by atoms with Crippen LogP contribution in [0.3, 0.4) is 0 Å². The van der Waals surface area contributed by atoms with Gasteiger partial charge in [0, 0.05) is 23.1 Å². The van der Waals surface area contributed by atoms with E-state index in [9.17, 15) is 4.79 Å². The van der Waals surface area contributed by atoms with Crippen molar-refractivity contribution < 1.29 is 9.90 Å². The summed E-state index contributed by atoms with van der Waals surface area (Å²) in [6.07, 6.45) is 2.38. The molecule has 2 N–H and O–H groups in total. The summed E-state index contributed by atoms with van der Waals surface area (Å²) in [5.41, 5.74) is 0.764. The highest BCUT2D eigenvalue weighted by Crippen LogP contribution is 2.11. The molecule has 0 fully saturated rings. The van der Waals surface area contributed by atoms with Crippen LogP contribution in [0.2, 0.25) is 0 Å². The molecule has 0 radical (unpaired) electrons. The third kappa shape index (κ3) is 4.50. The van der Waals surface area contributed by atoms with Crippen LogP contribution in [0, 0.1) is 11.8 Å². The largest absolute Gasteiger partial charge is 0.395 e. The van der Waals surface area contributed by atoms with Crippen molar-refractivity contribution in [1.82, 2.24) is 4.98 Å². The molecule has 0 spiro atoms. The molecule has 0 bridgehead atoms. The molecule has 0 saturated heterocycles. The minimum absolute atomic E-state index is 0.0441. The maximum Gasteiger partial charge on any atom is 0.230 e. The molecule has 0 aliphatic carbocycles. The summed E-state index contributed by atoms with van der Waals surface area (Å²) in [5, 5.41) is 13.4. The summed E-state index contributed by atoms with van der Waals surface area (Å²) < 4.78 is 0. The van der Waals surface area contributed by atoms with Crippen LogP contribution in [0.25, 0.3) is 0 Å². The molecule has 0 atom stereocenters. The van der Waals surface area contributed by atoms with E-state index in [1.165, 1.54) is 0 Å². The van der Waals surface area contributed by atoms with Gasteiger partial charge in [-0.05, 0) is 23.6 Å². The van der Waals surface area contributed by atoms with Gasteiger partial charge in [-0.1, -0.05) is 17.9 Å². The van der Waals surface area contributed by atoms with Gasteiger partial charge < -0.3 is 10.4 Å². The molecule has 0 aliphatic heterocycles. The van der Waals surface area contributed by atoms with Crippen LogP contribution in [-0.2, 0) is 11.2 Å². The third-order valence-electron chi connectivity index (χ3n) is 2.41. The quantitative estimate of drug-likeness (QED) is 0.846. The van der Waals surface area contributed by atoms with E-state index in [0.29, 0.717) is 18.7 Å². The van der Waals surface area contributed by atoms with Crippen molar-refractivity contribution >= 4 is 23.1 Å². The van der Waals surface area contributed by atoms with Gasteiger partial charge in [-0.15, -0.1) is 11.3 Å². The van der Waals surface area contributed by atoms with Crippen LogP contribution in [0.1, 0.15) is 16.9 Å². The van der Waals surface area contributed by atoms with Crippen LogP contribution >= 0.6 is 11.3 Å². The summed E-state index contributed by atoms with van der Waals surface area (Å²) in [5.74, 6) is 6.13. The Bertz CT molecular complexity index is 627. The van der Waals surface area contributed by atoms with E-state index in [4.69, 9.17) is 5.11 Å². The number of thiophene rings is 1. The minimum atomic E-state index is -0.0968. The van der Waals surface area contributed by atoms with Gasteiger partial charge in [-0.3, -0.25) is 4.79 Å². The van der Waals surface area contributed by atoms with Gasteiger partial charge in [0.15, 0.2) is 0 Å². The molecular formula is C15H14N2O2S. The van der Waals surface area contributed by atoms with Gasteiger partial charge >= 0.3 is 0 Å². The second kappa shape index (κ2) is 7.43. The summed E-state index contributed by atoms with van der Waals surface area (Å²) in [6, 6.07) is 7.33. The van der Waals surface area contributed by atoms with Crippen molar-refractivity contribution in [2.75, 3.05) is 11.9 Å². The van der Waals surface area contributed by atoms with Crippen molar-refractivity contribution in [2.24, 2.45) is 0 Å². The van der Waals surface area contributed by atoms with Crippen molar-refractivity contribution in [3.05, 3.63) is 46.3 Å². The van der Waals surface area contributed by atoms with E-state index in [0.717, 1.165) is 10.4 Å². The fourth-order valence-electron chi connectivity index (χ4n) is 1.56. The number of hydrogen-bond acceptors (Lipinski definition) is 4. The molecule has 102 valence electrons. The fourth-order valence-corrected chi connectivity index (χ4v) is 2.26. The molecule has 2 aromatic heterocycles. The molecule has 2 heterocycles. The van der Waals surface area contributed by atoms with Crippen LogP contribution in [-0.4, -0.2) is 22.6 Å². The first-order chi connectivity index (χ1) is 9.78. The van der Waals surface area contributed by atoms with E-state index in [1.54, 1.807) is 29.7 Å². The Balaban J connectivity index is 1.97. The smallest absolute Gasteiger partial charge is 0.230 e. The van der Waals surface area contributed by atoms with Gasteiger partial charge in [-0.25, -0.2) is 4.98 Å². The first-order valence-electron chi connectivity index (χ1n) is 6.16. The minimum Gasteiger partial charge on any atom is -0.395 e. The van der Waals surface area contributed by atoms with E-state index >= 15 is 0 Å². The fraction of sp³-hybridized carbons (Fsp3) is 0.200. The third-order valence-corrected chi connectivity index (χ3v) is 3.29. The predicted molar refractivity (Wildman–Crippen MR) is 79.5 cm³/mol. The summed E-state index contributed by atoms with van der Waals surface area (Å²) in [6.45, 7) is 0.0441. The second-order valence-electron chi connectivity index (χ2n) is 4.01. The Hall–Kier alpha value is -2.16. The lowest BCUT2D eigenvalue weighted by atomic mass is 10.2. The maximum atomic E-state index is 11.8.